The summed E-state index contributed by atoms with van der Waals surface area (Å²) in [7, 11) is 0. The van der Waals surface area contributed by atoms with Gasteiger partial charge in [-0.3, -0.25) is 4.98 Å². The summed E-state index contributed by atoms with van der Waals surface area (Å²) in [6.07, 6.45) is 4.07. The predicted octanol–water partition coefficient (Wildman–Crippen LogP) is 2.08. The van der Waals surface area contributed by atoms with E-state index in [4.69, 9.17) is 0 Å². The zero-order valence-electron chi connectivity index (χ0n) is 11.5. The van der Waals surface area contributed by atoms with Gasteiger partial charge in [-0.15, -0.1) is 0 Å². The van der Waals surface area contributed by atoms with Crippen molar-refractivity contribution in [3.8, 4) is 0 Å². The zero-order valence-corrected chi connectivity index (χ0v) is 11.5. The molecule has 0 aliphatic carbocycles. The smallest absolute Gasteiger partial charge is 0.337 e. The minimum absolute atomic E-state index is 0.178. The quantitative estimate of drug-likeness (QED) is 0.801. The van der Waals surface area contributed by atoms with E-state index in [1.165, 1.54) is 23.4 Å². The number of aromatic carboxylic acids is 1. The largest absolute Gasteiger partial charge is 0.478 e. The molecule has 21 heavy (non-hydrogen) atoms. The molecule has 1 aromatic heterocycles. The molecule has 1 aromatic carbocycles. The van der Waals surface area contributed by atoms with E-state index in [9.17, 15) is 9.90 Å². The first-order valence-corrected chi connectivity index (χ1v) is 6.98. The van der Waals surface area contributed by atoms with Crippen molar-refractivity contribution in [1.82, 2.24) is 10.3 Å². The van der Waals surface area contributed by atoms with Gasteiger partial charge in [0.25, 0.3) is 0 Å². The number of hydrogen-bond donors (Lipinski definition) is 3. The molecule has 2 aromatic rings. The summed E-state index contributed by atoms with van der Waals surface area (Å²) in [5.74, 6) is -0.947. The lowest BCUT2D eigenvalue weighted by molar-refractivity contribution is 0.0698. The van der Waals surface area contributed by atoms with E-state index in [1.54, 1.807) is 6.20 Å². The standard InChI is InChI=1S/C16H17N3O2/c20-16(21)13-6-7-17-9-14(13)19-10-15-12-4-2-1-3-11(12)5-8-18-15/h1-4,6-7,9,15,18-19H,5,8,10H2,(H,20,21)/t15-/m0/s1. The Morgan fingerprint density at radius 3 is 3.10 bits per heavy atom. The lowest BCUT2D eigenvalue weighted by atomic mass is 9.94. The van der Waals surface area contributed by atoms with Crippen LogP contribution in [0.2, 0.25) is 0 Å². The molecule has 1 aliphatic rings. The van der Waals surface area contributed by atoms with Gasteiger partial charge in [0, 0.05) is 18.8 Å². The van der Waals surface area contributed by atoms with Crippen LogP contribution in [0.5, 0.6) is 0 Å². The van der Waals surface area contributed by atoms with Crippen LogP contribution in [0.25, 0.3) is 0 Å². The third kappa shape index (κ3) is 2.87. The van der Waals surface area contributed by atoms with Gasteiger partial charge < -0.3 is 15.7 Å². The van der Waals surface area contributed by atoms with Crippen molar-refractivity contribution in [1.29, 1.82) is 0 Å². The Balaban J connectivity index is 1.76. The summed E-state index contributed by atoms with van der Waals surface area (Å²) >= 11 is 0. The molecule has 3 rings (SSSR count). The maximum Gasteiger partial charge on any atom is 0.337 e. The molecule has 0 radical (unpaired) electrons. The maximum atomic E-state index is 11.2. The number of aromatic nitrogens is 1. The van der Waals surface area contributed by atoms with E-state index in [-0.39, 0.29) is 11.6 Å². The van der Waals surface area contributed by atoms with E-state index in [0.29, 0.717) is 12.2 Å². The lowest BCUT2D eigenvalue weighted by Gasteiger charge is -2.27. The third-order valence-corrected chi connectivity index (χ3v) is 3.76. The number of benzene rings is 1. The van der Waals surface area contributed by atoms with Gasteiger partial charge in [-0.25, -0.2) is 4.79 Å². The SMILES string of the molecule is O=C(O)c1ccncc1NC[C@@H]1NCCc2ccccc21. The monoisotopic (exact) mass is 283 g/mol. The van der Waals surface area contributed by atoms with Crippen LogP contribution in [0.3, 0.4) is 0 Å². The number of nitrogens with zero attached hydrogens (tertiary/aromatic N) is 1. The van der Waals surface area contributed by atoms with Crippen LogP contribution in [0, 0.1) is 0 Å². The maximum absolute atomic E-state index is 11.2. The summed E-state index contributed by atoms with van der Waals surface area (Å²) in [6.45, 7) is 1.56. The van der Waals surface area contributed by atoms with Gasteiger partial charge in [0.1, 0.15) is 0 Å². The fourth-order valence-electron chi connectivity index (χ4n) is 2.71. The molecular weight excluding hydrogens is 266 g/mol. The van der Waals surface area contributed by atoms with Gasteiger partial charge in [-0.05, 0) is 30.2 Å². The van der Waals surface area contributed by atoms with Crippen molar-refractivity contribution in [3.63, 3.8) is 0 Å². The van der Waals surface area contributed by atoms with Crippen molar-refractivity contribution in [3.05, 3.63) is 59.4 Å². The number of carboxylic acid groups (broad SMARTS) is 1. The minimum Gasteiger partial charge on any atom is -0.478 e. The van der Waals surface area contributed by atoms with Crippen LogP contribution in [-0.2, 0) is 6.42 Å². The van der Waals surface area contributed by atoms with Gasteiger partial charge in [0.15, 0.2) is 0 Å². The van der Waals surface area contributed by atoms with Gasteiger partial charge in [-0.1, -0.05) is 24.3 Å². The second-order valence-electron chi connectivity index (χ2n) is 5.06. The highest BCUT2D eigenvalue weighted by Crippen LogP contribution is 2.23. The molecule has 0 saturated heterocycles. The van der Waals surface area contributed by atoms with Gasteiger partial charge in [0.2, 0.25) is 0 Å². The Bertz CT molecular complexity index is 657. The van der Waals surface area contributed by atoms with E-state index >= 15 is 0 Å². The van der Waals surface area contributed by atoms with Crippen LogP contribution >= 0.6 is 0 Å². The van der Waals surface area contributed by atoms with E-state index in [2.05, 4.69) is 33.8 Å². The molecule has 5 heteroatoms. The Morgan fingerprint density at radius 2 is 2.24 bits per heavy atom. The zero-order chi connectivity index (χ0) is 14.7. The number of rotatable bonds is 4. The molecule has 0 saturated carbocycles. The predicted molar refractivity (Wildman–Crippen MR) is 80.6 cm³/mol. The van der Waals surface area contributed by atoms with Crippen molar-refractivity contribution < 1.29 is 9.90 Å². The topological polar surface area (TPSA) is 74.2 Å². The number of pyridine rings is 1. The van der Waals surface area contributed by atoms with Crippen LogP contribution in [0.15, 0.2) is 42.7 Å². The number of carboxylic acids is 1. The van der Waals surface area contributed by atoms with Crippen molar-refractivity contribution in [2.75, 3.05) is 18.4 Å². The molecular formula is C16H17N3O2. The molecule has 0 spiro atoms. The highest BCUT2D eigenvalue weighted by Gasteiger charge is 2.19. The van der Waals surface area contributed by atoms with Gasteiger partial charge >= 0.3 is 5.97 Å². The number of carbonyl (C=O) groups is 1. The minimum atomic E-state index is -0.947. The lowest BCUT2D eigenvalue weighted by Crippen LogP contribution is -2.34. The van der Waals surface area contributed by atoms with Crippen molar-refractivity contribution in [2.45, 2.75) is 12.5 Å². The fourth-order valence-corrected chi connectivity index (χ4v) is 2.71. The van der Waals surface area contributed by atoms with Crippen molar-refractivity contribution in [2.24, 2.45) is 0 Å². The Kier molecular flexibility index (Phi) is 3.83. The Hall–Kier alpha value is -2.40. The Morgan fingerprint density at radius 1 is 1.38 bits per heavy atom. The number of nitrogens with one attached hydrogen (secondary N) is 2. The summed E-state index contributed by atoms with van der Waals surface area (Å²) in [4.78, 5) is 15.2. The average Bonchev–Trinajstić information content (AvgIpc) is 2.53. The first-order chi connectivity index (χ1) is 10.3. The Labute approximate surface area is 123 Å². The van der Waals surface area contributed by atoms with Crippen LogP contribution in [0.4, 0.5) is 5.69 Å². The highest BCUT2D eigenvalue weighted by atomic mass is 16.4. The molecule has 5 nitrogen and oxygen atoms in total. The summed E-state index contributed by atoms with van der Waals surface area (Å²) in [5, 5.41) is 15.8. The van der Waals surface area contributed by atoms with E-state index in [1.807, 2.05) is 6.07 Å². The molecule has 0 unspecified atom stereocenters. The average molecular weight is 283 g/mol. The number of fused-ring (bicyclic) bond motifs is 1. The highest BCUT2D eigenvalue weighted by molar-refractivity contribution is 5.93. The third-order valence-electron chi connectivity index (χ3n) is 3.76. The van der Waals surface area contributed by atoms with E-state index < -0.39 is 5.97 Å². The van der Waals surface area contributed by atoms with Crippen molar-refractivity contribution >= 4 is 11.7 Å². The first kappa shape index (κ1) is 13.6. The first-order valence-electron chi connectivity index (χ1n) is 6.98. The van der Waals surface area contributed by atoms with E-state index in [0.717, 1.165) is 13.0 Å². The molecule has 3 N–H and O–H groups in total. The van der Waals surface area contributed by atoms with Gasteiger partial charge in [0.05, 0.1) is 17.4 Å². The normalized spacial score (nSPS) is 17.0. The fraction of sp³-hybridized carbons (Fsp3) is 0.250. The second kappa shape index (κ2) is 5.93. The molecule has 108 valence electrons. The molecule has 1 aliphatic heterocycles. The second-order valence-corrected chi connectivity index (χ2v) is 5.06. The number of anilines is 1. The summed E-state index contributed by atoms with van der Waals surface area (Å²) in [6, 6.07) is 10.0. The molecule has 2 heterocycles. The van der Waals surface area contributed by atoms with Crippen LogP contribution < -0.4 is 10.6 Å². The number of hydrogen-bond acceptors (Lipinski definition) is 4. The van der Waals surface area contributed by atoms with Crippen LogP contribution in [0.1, 0.15) is 27.5 Å². The van der Waals surface area contributed by atoms with Crippen LogP contribution in [-0.4, -0.2) is 29.1 Å². The molecule has 0 fully saturated rings. The molecule has 1 atom stereocenters. The van der Waals surface area contributed by atoms with Gasteiger partial charge in [-0.2, -0.15) is 0 Å². The molecule has 0 amide bonds. The summed E-state index contributed by atoms with van der Waals surface area (Å²) < 4.78 is 0. The molecule has 0 bridgehead atoms. The summed E-state index contributed by atoms with van der Waals surface area (Å²) in [5.41, 5.74) is 3.42.